The van der Waals surface area contributed by atoms with Gasteiger partial charge in [0.25, 0.3) is 0 Å². The van der Waals surface area contributed by atoms with Crippen LogP contribution < -0.4 is 5.32 Å². The van der Waals surface area contributed by atoms with Crippen LogP contribution in [0.4, 0.5) is 4.39 Å². The summed E-state index contributed by atoms with van der Waals surface area (Å²) in [6, 6.07) is 5.17. The van der Waals surface area contributed by atoms with Gasteiger partial charge < -0.3 is 5.32 Å². The number of benzene rings is 1. The summed E-state index contributed by atoms with van der Waals surface area (Å²) < 4.78 is 13.3. The predicted molar refractivity (Wildman–Crippen MR) is 78.0 cm³/mol. The Morgan fingerprint density at radius 2 is 2.32 bits per heavy atom. The maximum absolute atomic E-state index is 13.3. The first kappa shape index (κ1) is 14.8. The lowest BCUT2D eigenvalue weighted by molar-refractivity contribution is 0.241. The highest BCUT2D eigenvalue weighted by atomic mass is 35.5. The van der Waals surface area contributed by atoms with Gasteiger partial charge in [0, 0.05) is 24.2 Å². The van der Waals surface area contributed by atoms with Crippen LogP contribution in [0.25, 0.3) is 0 Å². The van der Waals surface area contributed by atoms with E-state index in [1.54, 1.807) is 12.1 Å². The van der Waals surface area contributed by atoms with Gasteiger partial charge in [-0.3, -0.25) is 4.90 Å². The van der Waals surface area contributed by atoms with Gasteiger partial charge in [-0.05, 0) is 56.1 Å². The summed E-state index contributed by atoms with van der Waals surface area (Å²) in [5, 5.41) is 4.16. The Bertz CT molecular complexity index is 405. The Kier molecular flexibility index (Phi) is 5.61. The highest BCUT2D eigenvalue weighted by molar-refractivity contribution is 6.31. The van der Waals surface area contributed by atoms with Crippen LogP contribution in [-0.4, -0.2) is 30.6 Å². The highest BCUT2D eigenvalue weighted by Gasteiger charge is 2.18. The summed E-state index contributed by atoms with van der Waals surface area (Å²) in [5.74, 6) is -0.213. The fraction of sp³-hybridized carbons (Fsp3) is 0.600. The summed E-state index contributed by atoms with van der Waals surface area (Å²) in [5.41, 5.74) is 0.883. The Balaban J connectivity index is 2.00. The van der Waals surface area contributed by atoms with E-state index in [1.807, 2.05) is 0 Å². The van der Waals surface area contributed by atoms with Gasteiger partial charge in [0.15, 0.2) is 0 Å². The lowest BCUT2D eigenvalue weighted by Gasteiger charge is -2.25. The van der Waals surface area contributed by atoms with Gasteiger partial charge in [-0.1, -0.05) is 18.5 Å². The van der Waals surface area contributed by atoms with E-state index in [0.717, 1.165) is 38.2 Å². The molecule has 1 aromatic rings. The number of rotatable bonds is 6. The van der Waals surface area contributed by atoms with Crippen molar-refractivity contribution >= 4 is 11.6 Å². The SMILES string of the molecule is CCCN(Cc1cc(F)ccc1Cl)CC1CCCN1. The normalized spacial score (nSPS) is 19.3. The fourth-order valence-electron chi connectivity index (χ4n) is 2.68. The van der Waals surface area contributed by atoms with E-state index in [1.165, 1.54) is 18.9 Å². The number of hydrogen-bond donors (Lipinski definition) is 1. The molecule has 1 atom stereocenters. The number of hydrogen-bond acceptors (Lipinski definition) is 2. The van der Waals surface area contributed by atoms with Crippen LogP contribution >= 0.6 is 11.6 Å². The molecule has 1 aromatic carbocycles. The van der Waals surface area contributed by atoms with E-state index < -0.39 is 0 Å². The van der Waals surface area contributed by atoms with Crippen LogP contribution in [0.3, 0.4) is 0 Å². The first-order chi connectivity index (χ1) is 9.19. The molecule has 2 rings (SSSR count). The number of nitrogens with one attached hydrogen (secondary N) is 1. The predicted octanol–water partition coefficient (Wildman–Crippen LogP) is 3.44. The molecular weight excluding hydrogens is 263 g/mol. The van der Waals surface area contributed by atoms with E-state index in [9.17, 15) is 4.39 Å². The van der Waals surface area contributed by atoms with Gasteiger partial charge in [-0.15, -0.1) is 0 Å². The Morgan fingerprint density at radius 3 is 3.00 bits per heavy atom. The van der Waals surface area contributed by atoms with Crippen molar-refractivity contribution in [3.63, 3.8) is 0 Å². The smallest absolute Gasteiger partial charge is 0.123 e. The van der Waals surface area contributed by atoms with E-state index in [0.29, 0.717) is 11.1 Å². The third-order valence-corrected chi connectivity index (χ3v) is 3.95. The van der Waals surface area contributed by atoms with Gasteiger partial charge in [0.2, 0.25) is 0 Å². The van der Waals surface area contributed by atoms with Gasteiger partial charge >= 0.3 is 0 Å². The summed E-state index contributed by atoms with van der Waals surface area (Å²) in [6.45, 7) is 6.04. The zero-order valence-electron chi connectivity index (χ0n) is 11.5. The third-order valence-electron chi connectivity index (χ3n) is 3.58. The molecule has 1 saturated heterocycles. The zero-order chi connectivity index (χ0) is 13.7. The lowest BCUT2D eigenvalue weighted by atomic mass is 10.1. The number of nitrogens with zero attached hydrogens (tertiary/aromatic N) is 1. The van der Waals surface area contributed by atoms with Crippen molar-refractivity contribution in [2.45, 2.75) is 38.8 Å². The van der Waals surface area contributed by atoms with E-state index >= 15 is 0 Å². The second kappa shape index (κ2) is 7.22. The average Bonchev–Trinajstić information content (AvgIpc) is 2.87. The maximum Gasteiger partial charge on any atom is 0.123 e. The van der Waals surface area contributed by atoms with Crippen molar-refractivity contribution in [3.05, 3.63) is 34.6 Å². The third kappa shape index (κ3) is 4.44. The summed E-state index contributed by atoms with van der Waals surface area (Å²) >= 11 is 6.15. The molecule has 1 unspecified atom stereocenters. The van der Waals surface area contributed by atoms with Crippen molar-refractivity contribution in [2.24, 2.45) is 0 Å². The summed E-state index contributed by atoms with van der Waals surface area (Å²) in [6.07, 6.45) is 3.59. The van der Waals surface area contributed by atoms with Crippen molar-refractivity contribution < 1.29 is 4.39 Å². The van der Waals surface area contributed by atoms with Gasteiger partial charge in [-0.2, -0.15) is 0 Å². The first-order valence-electron chi connectivity index (χ1n) is 7.08. The second-order valence-electron chi connectivity index (χ2n) is 5.26. The van der Waals surface area contributed by atoms with Crippen LogP contribution in [0.1, 0.15) is 31.7 Å². The van der Waals surface area contributed by atoms with Crippen molar-refractivity contribution in [2.75, 3.05) is 19.6 Å². The molecule has 1 fully saturated rings. The van der Waals surface area contributed by atoms with E-state index in [-0.39, 0.29) is 5.82 Å². The Morgan fingerprint density at radius 1 is 1.47 bits per heavy atom. The molecule has 1 aliphatic rings. The molecule has 106 valence electrons. The molecule has 0 aliphatic carbocycles. The van der Waals surface area contributed by atoms with Crippen molar-refractivity contribution in [1.29, 1.82) is 0 Å². The Hall–Kier alpha value is -0.640. The van der Waals surface area contributed by atoms with Crippen molar-refractivity contribution in [3.8, 4) is 0 Å². The molecule has 19 heavy (non-hydrogen) atoms. The van der Waals surface area contributed by atoms with Crippen LogP contribution in [0.2, 0.25) is 5.02 Å². The van der Waals surface area contributed by atoms with Crippen LogP contribution in [0.15, 0.2) is 18.2 Å². The minimum absolute atomic E-state index is 0.213. The van der Waals surface area contributed by atoms with Gasteiger partial charge in [0.05, 0.1) is 0 Å². The summed E-state index contributed by atoms with van der Waals surface area (Å²) in [4.78, 5) is 2.36. The van der Waals surface area contributed by atoms with Crippen molar-refractivity contribution in [1.82, 2.24) is 10.2 Å². The van der Waals surface area contributed by atoms with E-state index in [4.69, 9.17) is 11.6 Å². The molecule has 0 amide bonds. The summed E-state index contributed by atoms with van der Waals surface area (Å²) in [7, 11) is 0. The molecular formula is C15H22ClFN2. The molecule has 0 bridgehead atoms. The van der Waals surface area contributed by atoms with Gasteiger partial charge in [-0.25, -0.2) is 4.39 Å². The standard InChI is InChI=1S/C15H22ClFN2/c1-2-8-19(11-14-4-3-7-18-14)10-12-9-13(17)5-6-15(12)16/h5-6,9,14,18H,2-4,7-8,10-11H2,1H3. The topological polar surface area (TPSA) is 15.3 Å². The molecule has 4 heteroatoms. The quantitative estimate of drug-likeness (QED) is 0.861. The van der Waals surface area contributed by atoms with Crippen LogP contribution in [0, 0.1) is 5.82 Å². The van der Waals surface area contributed by atoms with Crippen LogP contribution in [0.5, 0.6) is 0 Å². The highest BCUT2D eigenvalue weighted by Crippen LogP contribution is 2.20. The minimum atomic E-state index is -0.213. The van der Waals surface area contributed by atoms with Crippen LogP contribution in [-0.2, 0) is 6.54 Å². The molecule has 0 spiro atoms. The lowest BCUT2D eigenvalue weighted by Crippen LogP contribution is -2.37. The minimum Gasteiger partial charge on any atom is -0.313 e. The second-order valence-corrected chi connectivity index (χ2v) is 5.67. The largest absolute Gasteiger partial charge is 0.313 e. The Labute approximate surface area is 119 Å². The molecule has 0 aromatic heterocycles. The average molecular weight is 285 g/mol. The fourth-order valence-corrected chi connectivity index (χ4v) is 2.86. The maximum atomic E-state index is 13.3. The van der Waals surface area contributed by atoms with E-state index in [2.05, 4.69) is 17.1 Å². The van der Waals surface area contributed by atoms with Gasteiger partial charge in [0.1, 0.15) is 5.82 Å². The zero-order valence-corrected chi connectivity index (χ0v) is 12.2. The number of halogens is 2. The molecule has 0 radical (unpaired) electrons. The first-order valence-corrected chi connectivity index (χ1v) is 7.46. The molecule has 1 N–H and O–H groups in total. The molecule has 1 aliphatic heterocycles. The molecule has 2 nitrogen and oxygen atoms in total. The monoisotopic (exact) mass is 284 g/mol. The molecule has 0 saturated carbocycles. The molecule has 1 heterocycles.